The van der Waals surface area contributed by atoms with E-state index >= 15 is 0 Å². The van der Waals surface area contributed by atoms with Crippen molar-refractivity contribution in [1.29, 1.82) is 0 Å². The monoisotopic (exact) mass is 293 g/mol. The molecule has 0 bridgehead atoms. The fourth-order valence-corrected chi connectivity index (χ4v) is 2.80. The Balaban J connectivity index is 2.48. The Morgan fingerprint density at radius 1 is 1.41 bits per heavy atom. The van der Waals surface area contributed by atoms with Crippen molar-refractivity contribution in [3.05, 3.63) is 43.6 Å². The molecule has 17 heavy (non-hydrogen) atoms. The summed E-state index contributed by atoms with van der Waals surface area (Å²) in [4.78, 5) is 15.8. The summed E-state index contributed by atoms with van der Waals surface area (Å²) in [6.45, 7) is 3.11. The largest absolute Gasteiger partial charge is 0.376 e. The molecule has 0 radical (unpaired) electrons. The molecule has 2 heterocycles. The van der Waals surface area contributed by atoms with E-state index in [0.29, 0.717) is 13.2 Å². The van der Waals surface area contributed by atoms with E-state index in [1.807, 2.05) is 19.1 Å². The number of fused-ring (bicyclic) bond motifs is 2. The number of hydrogen-bond acceptors (Lipinski definition) is 2. The van der Waals surface area contributed by atoms with Gasteiger partial charge < -0.3 is 9.72 Å². The van der Waals surface area contributed by atoms with Crippen LogP contribution in [0.25, 0.3) is 10.9 Å². The van der Waals surface area contributed by atoms with Gasteiger partial charge in [-0.15, -0.1) is 0 Å². The number of aryl methyl sites for hydroxylation is 1. The summed E-state index contributed by atoms with van der Waals surface area (Å²) in [5, 5.41) is 0.731. The van der Waals surface area contributed by atoms with Gasteiger partial charge in [0, 0.05) is 22.2 Å². The zero-order valence-electron chi connectivity index (χ0n) is 9.47. The maximum absolute atomic E-state index is 12.4. The lowest BCUT2D eigenvalue weighted by Gasteiger charge is -2.17. The Kier molecular flexibility index (Phi) is 2.56. The number of aromatic amines is 1. The Labute approximate surface area is 107 Å². The fraction of sp³-hybridized carbons (Fsp3) is 0.308. The van der Waals surface area contributed by atoms with Crippen LogP contribution in [0.5, 0.6) is 0 Å². The number of hydrogen-bond donors (Lipinski definition) is 1. The summed E-state index contributed by atoms with van der Waals surface area (Å²) in [7, 11) is 0. The van der Waals surface area contributed by atoms with Crippen molar-refractivity contribution in [2.45, 2.75) is 20.0 Å². The minimum atomic E-state index is 0.0871. The van der Waals surface area contributed by atoms with E-state index in [-0.39, 0.29) is 5.43 Å². The summed E-state index contributed by atoms with van der Waals surface area (Å²) in [5.41, 5.74) is 3.91. The molecule has 0 saturated carbocycles. The maximum atomic E-state index is 12.4. The molecule has 1 aliphatic heterocycles. The standard InChI is InChI=1S/C13H12BrNO2/c1-7-2-3-9(14)11-12(7)15-10-4-5-17-6-8(10)13(11)16/h2-3H,4-6H2,1H3,(H,15,16). The molecule has 3 rings (SSSR count). The molecule has 1 N–H and O–H groups in total. The van der Waals surface area contributed by atoms with Gasteiger partial charge in [-0.1, -0.05) is 6.07 Å². The second kappa shape index (κ2) is 3.96. The smallest absolute Gasteiger partial charge is 0.196 e. The summed E-state index contributed by atoms with van der Waals surface area (Å²) < 4.78 is 6.20. The van der Waals surface area contributed by atoms with Crippen LogP contribution in [0.4, 0.5) is 0 Å². The second-order valence-corrected chi connectivity index (χ2v) is 5.18. The molecule has 3 nitrogen and oxygen atoms in total. The lowest BCUT2D eigenvalue weighted by atomic mass is 10.0. The van der Waals surface area contributed by atoms with Crippen molar-refractivity contribution in [1.82, 2.24) is 4.98 Å². The summed E-state index contributed by atoms with van der Waals surface area (Å²) in [5.74, 6) is 0. The SMILES string of the molecule is Cc1ccc(Br)c2c(=O)c3c([nH]c12)CCOC3. The van der Waals surface area contributed by atoms with Gasteiger partial charge in [0.05, 0.1) is 24.1 Å². The van der Waals surface area contributed by atoms with Crippen LogP contribution in [0.3, 0.4) is 0 Å². The number of nitrogens with one attached hydrogen (secondary N) is 1. The Bertz CT molecular complexity index is 660. The third-order valence-electron chi connectivity index (χ3n) is 3.25. The number of halogens is 1. The fourth-order valence-electron chi connectivity index (χ4n) is 2.29. The van der Waals surface area contributed by atoms with Gasteiger partial charge in [0.15, 0.2) is 5.43 Å². The predicted molar refractivity (Wildman–Crippen MR) is 70.4 cm³/mol. The van der Waals surface area contributed by atoms with E-state index < -0.39 is 0 Å². The lowest BCUT2D eigenvalue weighted by Crippen LogP contribution is -2.22. The molecule has 0 amide bonds. The second-order valence-electron chi connectivity index (χ2n) is 4.33. The first-order valence-electron chi connectivity index (χ1n) is 5.59. The molecular formula is C13H12BrNO2. The van der Waals surface area contributed by atoms with Crippen molar-refractivity contribution in [2.75, 3.05) is 6.61 Å². The van der Waals surface area contributed by atoms with Crippen molar-refractivity contribution in [2.24, 2.45) is 0 Å². The Morgan fingerprint density at radius 2 is 2.24 bits per heavy atom. The molecule has 0 atom stereocenters. The van der Waals surface area contributed by atoms with E-state index in [1.54, 1.807) is 0 Å². The van der Waals surface area contributed by atoms with Gasteiger partial charge in [0.25, 0.3) is 0 Å². The number of benzene rings is 1. The average molecular weight is 294 g/mol. The number of H-pyrrole nitrogens is 1. The first kappa shape index (κ1) is 11.0. The van der Waals surface area contributed by atoms with Crippen LogP contribution >= 0.6 is 15.9 Å². The molecule has 1 aliphatic rings. The van der Waals surface area contributed by atoms with Crippen LogP contribution in [-0.2, 0) is 17.8 Å². The zero-order chi connectivity index (χ0) is 12.0. The zero-order valence-corrected chi connectivity index (χ0v) is 11.1. The van der Waals surface area contributed by atoms with Crippen LogP contribution in [0.1, 0.15) is 16.8 Å². The van der Waals surface area contributed by atoms with Crippen LogP contribution in [-0.4, -0.2) is 11.6 Å². The summed E-state index contributed by atoms with van der Waals surface area (Å²) >= 11 is 3.45. The third-order valence-corrected chi connectivity index (χ3v) is 3.91. The van der Waals surface area contributed by atoms with Crippen LogP contribution in [0.15, 0.2) is 21.4 Å². The van der Waals surface area contributed by atoms with Crippen molar-refractivity contribution in [3.8, 4) is 0 Å². The highest BCUT2D eigenvalue weighted by Crippen LogP contribution is 2.25. The number of pyridine rings is 1. The molecule has 0 saturated heterocycles. The van der Waals surface area contributed by atoms with Gasteiger partial charge >= 0.3 is 0 Å². The predicted octanol–water partition coefficient (Wildman–Crippen LogP) is 2.67. The number of ether oxygens (including phenoxy) is 1. The highest BCUT2D eigenvalue weighted by atomic mass is 79.9. The Hall–Kier alpha value is -1.13. The van der Waals surface area contributed by atoms with Crippen LogP contribution < -0.4 is 5.43 Å². The van der Waals surface area contributed by atoms with Crippen molar-refractivity contribution < 1.29 is 4.74 Å². The first-order chi connectivity index (χ1) is 8.18. The van der Waals surface area contributed by atoms with Crippen LogP contribution in [0, 0.1) is 6.92 Å². The van der Waals surface area contributed by atoms with E-state index in [2.05, 4.69) is 20.9 Å². The lowest BCUT2D eigenvalue weighted by molar-refractivity contribution is 0.108. The number of rotatable bonds is 0. The summed E-state index contributed by atoms with van der Waals surface area (Å²) in [6, 6.07) is 3.93. The van der Waals surface area contributed by atoms with Gasteiger partial charge in [-0.05, 0) is 34.5 Å². The maximum Gasteiger partial charge on any atom is 0.196 e. The van der Waals surface area contributed by atoms with Crippen LogP contribution in [0.2, 0.25) is 0 Å². The Morgan fingerprint density at radius 3 is 3.06 bits per heavy atom. The average Bonchev–Trinajstić information content (AvgIpc) is 2.34. The molecule has 2 aromatic rings. The molecule has 0 fully saturated rings. The van der Waals surface area contributed by atoms with E-state index in [9.17, 15) is 4.79 Å². The molecular weight excluding hydrogens is 282 g/mol. The molecule has 0 aliphatic carbocycles. The van der Waals surface area contributed by atoms with Crippen molar-refractivity contribution >= 4 is 26.8 Å². The van der Waals surface area contributed by atoms with E-state index in [4.69, 9.17) is 4.74 Å². The minimum absolute atomic E-state index is 0.0871. The van der Waals surface area contributed by atoms with Gasteiger partial charge in [0.1, 0.15) is 0 Å². The molecule has 4 heteroatoms. The van der Waals surface area contributed by atoms with Gasteiger partial charge in [-0.25, -0.2) is 0 Å². The number of aromatic nitrogens is 1. The molecule has 1 aromatic heterocycles. The van der Waals surface area contributed by atoms with Gasteiger partial charge in [-0.3, -0.25) is 4.79 Å². The normalized spacial score (nSPS) is 14.9. The molecule has 1 aromatic carbocycles. The highest BCUT2D eigenvalue weighted by Gasteiger charge is 2.17. The van der Waals surface area contributed by atoms with E-state index in [1.165, 1.54) is 0 Å². The summed E-state index contributed by atoms with van der Waals surface area (Å²) in [6.07, 6.45) is 0.784. The topological polar surface area (TPSA) is 42.1 Å². The van der Waals surface area contributed by atoms with Gasteiger partial charge in [0.2, 0.25) is 0 Å². The molecule has 0 spiro atoms. The highest BCUT2D eigenvalue weighted by molar-refractivity contribution is 9.10. The van der Waals surface area contributed by atoms with E-state index in [0.717, 1.165) is 38.6 Å². The third kappa shape index (κ3) is 1.63. The minimum Gasteiger partial charge on any atom is -0.376 e. The van der Waals surface area contributed by atoms with Crippen molar-refractivity contribution in [3.63, 3.8) is 0 Å². The first-order valence-corrected chi connectivity index (χ1v) is 6.38. The molecule has 88 valence electrons. The quantitative estimate of drug-likeness (QED) is 0.811. The molecule has 0 unspecified atom stereocenters. The van der Waals surface area contributed by atoms with Gasteiger partial charge in [-0.2, -0.15) is 0 Å².